The minimum Gasteiger partial charge on any atom is -0.310 e. The number of para-hydroxylation sites is 1. The van der Waals surface area contributed by atoms with E-state index >= 15 is 0 Å². The topological polar surface area (TPSA) is 42.0 Å². The quantitative estimate of drug-likeness (QED) is 0.889. The number of hydrogen-bond acceptors (Lipinski definition) is 3. The van der Waals surface area contributed by atoms with Gasteiger partial charge in [-0.25, -0.2) is 0 Å². The number of hydrogen-bond donors (Lipinski definition) is 1. The van der Waals surface area contributed by atoms with E-state index in [1.54, 1.807) is 6.26 Å². The zero-order chi connectivity index (χ0) is 14.5. The summed E-state index contributed by atoms with van der Waals surface area (Å²) in [5, 5.41) is 4.72. The van der Waals surface area contributed by atoms with Crippen LogP contribution in [0.1, 0.15) is 24.6 Å². The van der Waals surface area contributed by atoms with Gasteiger partial charge in [0.1, 0.15) is 0 Å². The van der Waals surface area contributed by atoms with Gasteiger partial charge < -0.3 is 5.32 Å². The summed E-state index contributed by atoms with van der Waals surface area (Å²) in [6.07, 6.45) is 2.69. The lowest BCUT2D eigenvalue weighted by Gasteiger charge is -2.14. The molecule has 2 atom stereocenters. The summed E-state index contributed by atoms with van der Waals surface area (Å²) in [5.74, 6) is 0.754. The van der Waals surface area contributed by atoms with Gasteiger partial charge in [-0.3, -0.25) is 9.19 Å². The Morgan fingerprint density at radius 1 is 1.35 bits per heavy atom. The van der Waals surface area contributed by atoms with Gasteiger partial charge in [0.05, 0.1) is 5.52 Å². The molecule has 20 heavy (non-hydrogen) atoms. The molecule has 0 saturated carbocycles. The molecule has 0 saturated heterocycles. The number of nitrogens with zero attached hydrogens (tertiary/aromatic N) is 1. The maximum absolute atomic E-state index is 11.1. The number of rotatable bonds is 6. The standard InChI is InChI=1S/C16H22N2OS/c1-12(8-9-20(3)19)17-11-14-10-13(2)18-16-7-5-4-6-15(14)16/h4-7,10,12,17H,8-9,11H2,1-3H3. The van der Waals surface area contributed by atoms with Gasteiger partial charge in [-0.15, -0.1) is 0 Å². The Hall–Kier alpha value is -1.26. The molecule has 2 aromatic rings. The van der Waals surface area contributed by atoms with Crippen molar-refractivity contribution in [3.8, 4) is 0 Å². The second kappa shape index (κ2) is 6.95. The number of nitrogens with one attached hydrogen (secondary N) is 1. The van der Waals surface area contributed by atoms with Crippen molar-refractivity contribution in [3.63, 3.8) is 0 Å². The number of benzene rings is 1. The van der Waals surface area contributed by atoms with E-state index in [-0.39, 0.29) is 0 Å². The number of fused-ring (bicyclic) bond motifs is 1. The van der Waals surface area contributed by atoms with Crippen LogP contribution < -0.4 is 5.32 Å². The van der Waals surface area contributed by atoms with E-state index in [9.17, 15) is 4.21 Å². The molecule has 0 aliphatic heterocycles. The Balaban J connectivity index is 2.07. The molecule has 2 unspecified atom stereocenters. The Labute approximate surface area is 123 Å². The highest BCUT2D eigenvalue weighted by Crippen LogP contribution is 2.18. The van der Waals surface area contributed by atoms with Crippen LogP contribution in [0.4, 0.5) is 0 Å². The average molecular weight is 290 g/mol. The molecule has 0 aliphatic carbocycles. The molecule has 0 radical (unpaired) electrons. The van der Waals surface area contributed by atoms with Crippen LogP contribution in [-0.2, 0) is 17.3 Å². The van der Waals surface area contributed by atoms with E-state index in [4.69, 9.17) is 0 Å². The molecular formula is C16H22N2OS. The van der Waals surface area contributed by atoms with Crippen LogP contribution in [0, 0.1) is 6.92 Å². The van der Waals surface area contributed by atoms with Crippen molar-refractivity contribution in [2.75, 3.05) is 12.0 Å². The molecular weight excluding hydrogens is 268 g/mol. The largest absolute Gasteiger partial charge is 0.310 e. The van der Waals surface area contributed by atoms with Crippen LogP contribution >= 0.6 is 0 Å². The van der Waals surface area contributed by atoms with Crippen LogP contribution in [0.5, 0.6) is 0 Å². The van der Waals surface area contributed by atoms with E-state index in [2.05, 4.69) is 35.4 Å². The lowest BCUT2D eigenvalue weighted by Crippen LogP contribution is -2.27. The monoisotopic (exact) mass is 290 g/mol. The molecule has 1 heterocycles. The van der Waals surface area contributed by atoms with E-state index in [1.165, 1.54) is 10.9 Å². The molecule has 0 fully saturated rings. The highest BCUT2D eigenvalue weighted by molar-refractivity contribution is 7.84. The summed E-state index contributed by atoms with van der Waals surface area (Å²) in [6.45, 7) is 4.99. The van der Waals surface area contributed by atoms with Crippen molar-refractivity contribution >= 4 is 21.7 Å². The highest BCUT2D eigenvalue weighted by Gasteiger charge is 2.06. The fourth-order valence-electron chi connectivity index (χ4n) is 2.27. The molecule has 0 amide bonds. The molecule has 108 valence electrons. The predicted molar refractivity (Wildman–Crippen MR) is 86.3 cm³/mol. The van der Waals surface area contributed by atoms with Crippen LogP contribution in [0.3, 0.4) is 0 Å². The minimum absolute atomic E-state index is 0.367. The summed E-state index contributed by atoms with van der Waals surface area (Å²) in [4.78, 5) is 4.55. The maximum atomic E-state index is 11.1. The number of aryl methyl sites for hydroxylation is 1. The van der Waals surface area contributed by atoms with Crippen LogP contribution in [0.15, 0.2) is 30.3 Å². The van der Waals surface area contributed by atoms with Gasteiger partial charge >= 0.3 is 0 Å². The predicted octanol–water partition coefficient (Wildman–Crippen LogP) is 2.79. The fraction of sp³-hybridized carbons (Fsp3) is 0.438. The van der Waals surface area contributed by atoms with Crippen LogP contribution in [-0.4, -0.2) is 27.2 Å². The van der Waals surface area contributed by atoms with Crippen molar-refractivity contribution in [2.24, 2.45) is 0 Å². The molecule has 1 N–H and O–H groups in total. The zero-order valence-electron chi connectivity index (χ0n) is 12.3. The third-order valence-electron chi connectivity index (χ3n) is 3.41. The first-order valence-corrected chi connectivity index (χ1v) is 8.67. The lowest BCUT2D eigenvalue weighted by molar-refractivity contribution is 0.536. The molecule has 3 nitrogen and oxygen atoms in total. The Morgan fingerprint density at radius 2 is 2.10 bits per heavy atom. The first-order valence-electron chi connectivity index (χ1n) is 6.95. The van der Waals surface area contributed by atoms with Gasteiger partial charge in [-0.05, 0) is 38.0 Å². The number of aromatic nitrogens is 1. The zero-order valence-corrected chi connectivity index (χ0v) is 13.2. The molecule has 0 aliphatic rings. The van der Waals surface area contributed by atoms with Crippen molar-refractivity contribution in [1.29, 1.82) is 0 Å². The fourth-order valence-corrected chi connectivity index (χ4v) is 2.96. The lowest BCUT2D eigenvalue weighted by atomic mass is 10.1. The van der Waals surface area contributed by atoms with Crippen LogP contribution in [0.2, 0.25) is 0 Å². The van der Waals surface area contributed by atoms with Gasteiger partial charge in [0.2, 0.25) is 0 Å². The van der Waals surface area contributed by atoms with Crippen LogP contribution in [0.25, 0.3) is 10.9 Å². The molecule has 0 bridgehead atoms. The Bertz CT molecular complexity index is 612. The van der Waals surface area contributed by atoms with Crippen molar-refractivity contribution in [3.05, 3.63) is 41.6 Å². The van der Waals surface area contributed by atoms with E-state index < -0.39 is 10.8 Å². The first kappa shape index (κ1) is 15.1. The van der Waals surface area contributed by atoms with Gasteiger partial charge in [-0.2, -0.15) is 0 Å². The summed E-state index contributed by atoms with van der Waals surface area (Å²) in [7, 11) is -0.710. The van der Waals surface area contributed by atoms with Gasteiger partial charge in [0.25, 0.3) is 0 Å². The normalized spacial score (nSPS) is 14.3. The highest BCUT2D eigenvalue weighted by atomic mass is 32.2. The Kier molecular flexibility index (Phi) is 5.26. The van der Waals surface area contributed by atoms with Gasteiger partial charge in [0, 0.05) is 46.5 Å². The third-order valence-corrected chi connectivity index (χ3v) is 4.22. The third kappa shape index (κ3) is 4.12. The van der Waals surface area contributed by atoms with Crippen molar-refractivity contribution in [1.82, 2.24) is 10.3 Å². The molecule has 1 aromatic carbocycles. The minimum atomic E-state index is -0.710. The summed E-state index contributed by atoms with van der Waals surface area (Å²) >= 11 is 0. The van der Waals surface area contributed by atoms with Gasteiger partial charge in [-0.1, -0.05) is 18.2 Å². The smallest absolute Gasteiger partial charge is 0.0708 e. The van der Waals surface area contributed by atoms with Gasteiger partial charge in [0.15, 0.2) is 0 Å². The molecule has 4 heteroatoms. The summed E-state index contributed by atoms with van der Waals surface area (Å²) in [6, 6.07) is 10.7. The second-order valence-electron chi connectivity index (χ2n) is 5.29. The Morgan fingerprint density at radius 3 is 2.85 bits per heavy atom. The summed E-state index contributed by atoms with van der Waals surface area (Å²) in [5.41, 5.74) is 3.37. The maximum Gasteiger partial charge on any atom is 0.0708 e. The van der Waals surface area contributed by atoms with Crippen molar-refractivity contribution < 1.29 is 4.21 Å². The average Bonchev–Trinajstić information content (AvgIpc) is 2.42. The van der Waals surface area contributed by atoms with E-state index in [1.807, 2.05) is 19.1 Å². The van der Waals surface area contributed by atoms with E-state index in [0.29, 0.717) is 6.04 Å². The number of pyridine rings is 1. The second-order valence-corrected chi connectivity index (χ2v) is 6.84. The molecule has 2 rings (SSSR count). The van der Waals surface area contributed by atoms with Crippen molar-refractivity contribution in [2.45, 2.75) is 32.9 Å². The SMILES string of the molecule is Cc1cc(CNC(C)CCS(C)=O)c2ccccc2n1. The van der Waals surface area contributed by atoms with E-state index in [0.717, 1.165) is 29.9 Å². The molecule has 1 aromatic heterocycles. The first-order chi connectivity index (χ1) is 9.56. The molecule has 0 spiro atoms. The summed E-state index contributed by atoms with van der Waals surface area (Å²) < 4.78 is 11.1.